The molecule has 1 heteroatoms. The van der Waals surface area contributed by atoms with E-state index < -0.39 is 0 Å². The Morgan fingerprint density at radius 2 is 1.58 bits per heavy atom. The Morgan fingerprint density at radius 3 is 1.92 bits per heavy atom. The van der Waals surface area contributed by atoms with Gasteiger partial charge in [0.2, 0.25) is 0 Å². The maximum Gasteiger partial charge on any atom is 0.00620 e. The molecule has 0 rings (SSSR count). The summed E-state index contributed by atoms with van der Waals surface area (Å²) in [6, 6.07) is 0.718. The lowest BCUT2D eigenvalue weighted by atomic mass is 9.90. The first-order valence-electron chi connectivity index (χ1n) is 5.29. The zero-order valence-corrected chi connectivity index (χ0v) is 9.41. The van der Waals surface area contributed by atoms with Crippen molar-refractivity contribution in [1.82, 2.24) is 5.32 Å². The van der Waals surface area contributed by atoms with E-state index in [9.17, 15) is 0 Å². The van der Waals surface area contributed by atoms with E-state index in [4.69, 9.17) is 0 Å². The van der Waals surface area contributed by atoms with Crippen molar-refractivity contribution in [3.8, 4) is 0 Å². The molecule has 0 aliphatic carbocycles. The molecule has 0 unspecified atom stereocenters. The first kappa shape index (κ1) is 12.0. The SMILES string of the molecule is CCC(CC)NCC(C)(C)CC. The molecular weight excluding hydrogens is 146 g/mol. The van der Waals surface area contributed by atoms with E-state index in [1.807, 2.05) is 0 Å². The average molecular weight is 171 g/mol. The molecule has 0 aliphatic rings. The topological polar surface area (TPSA) is 12.0 Å². The Bertz CT molecular complexity index is 104. The maximum absolute atomic E-state index is 3.61. The lowest BCUT2D eigenvalue weighted by molar-refractivity contribution is 0.303. The molecule has 74 valence electrons. The van der Waals surface area contributed by atoms with Crippen LogP contribution in [0.1, 0.15) is 53.9 Å². The van der Waals surface area contributed by atoms with E-state index in [1.165, 1.54) is 19.3 Å². The second-order valence-electron chi connectivity index (χ2n) is 4.41. The van der Waals surface area contributed by atoms with E-state index in [0.29, 0.717) is 5.41 Å². The summed E-state index contributed by atoms with van der Waals surface area (Å²) in [6.07, 6.45) is 3.74. The molecule has 0 aromatic rings. The van der Waals surface area contributed by atoms with Gasteiger partial charge in [-0.2, -0.15) is 0 Å². The summed E-state index contributed by atoms with van der Waals surface area (Å²) in [5.41, 5.74) is 0.461. The Hall–Kier alpha value is -0.0400. The van der Waals surface area contributed by atoms with E-state index in [2.05, 4.69) is 39.9 Å². The third-order valence-electron chi connectivity index (χ3n) is 2.81. The van der Waals surface area contributed by atoms with Crippen LogP contribution >= 0.6 is 0 Å². The van der Waals surface area contributed by atoms with Gasteiger partial charge >= 0.3 is 0 Å². The van der Waals surface area contributed by atoms with Crippen molar-refractivity contribution in [2.75, 3.05) is 6.54 Å². The van der Waals surface area contributed by atoms with Crippen molar-refractivity contribution in [2.45, 2.75) is 59.9 Å². The summed E-state index contributed by atoms with van der Waals surface area (Å²) >= 11 is 0. The van der Waals surface area contributed by atoms with Gasteiger partial charge in [0.15, 0.2) is 0 Å². The van der Waals surface area contributed by atoms with Crippen LogP contribution in [0.3, 0.4) is 0 Å². The van der Waals surface area contributed by atoms with Crippen LogP contribution in [-0.2, 0) is 0 Å². The molecule has 1 N–H and O–H groups in total. The molecule has 0 saturated heterocycles. The minimum Gasteiger partial charge on any atom is -0.313 e. The fraction of sp³-hybridized carbons (Fsp3) is 1.00. The molecule has 0 spiro atoms. The van der Waals surface area contributed by atoms with E-state index >= 15 is 0 Å². The molecular formula is C11H25N. The molecule has 0 amide bonds. The van der Waals surface area contributed by atoms with Crippen molar-refractivity contribution in [3.63, 3.8) is 0 Å². The Labute approximate surface area is 77.9 Å². The summed E-state index contributed by atoms with van der Waals surface area (Å²) in [6.45, 7) is 12.6. The summed E-state index contributed by atoms with van der Waals surface area (Å²) in [5.74, 6) is 0. The minimum atomic E-state index is 0.461. The van der Waals surface area contributed by atoms with Crippen LogP contribution in [0.2, 0.25) is 0 Å². The highest BCUT2D eigenvalue weighted by atomic mass is 14.9. The third kappa shape index (κ3) is 4.76. The fourth-order valence-electron chi connectivity index (χ4n) is 1.12. The van der Waals surface area contributed by atoms with Gasteiger partial charge in [0, 0.05) is 12.6 Å². The van der Waals surface area contributed by atoms with Gasteiger partial charge in [-0.05, 0) is 24.7 Å². The van der Waals surface area contributed by atoms with Crippen LogP contribution < -0.4 is 5.32 Å². The molecule has 0 aromatic carbocycles. The first-order valence-corrected chi connectivity index (χ1v) is 5.29. The monoisotopic (exact) mass is 171 g/mol. The summed E-state index contributed by atoms with van der Waals surface area (Å²) in [4.78, 5) is 0. The summed E-state index contributed by atoms with van der Waals surface area (Å²) in [7, 11) is 0. The van der Waals surface area contributed by atoms with Gasteiger partial charge in [-0.1, -0.05) is 34.6 Å². The third-order valence-corrected chi connectivity index (χ3v) is 2.81. The lowest BCUT2D eigenvalue weighted by Crippen LogP contribution is -2.36. The van der Waals surface area contributed by atoms with Gasteiger partial charge in [0.25, 0.3) is 0 Å². The van der Waals surface area contributed by atoms with Crippen molar-refractivity contribution < 1.29 is 0 Å². The van der Waals surface area contributed by atoms with Gasteiger partial charge in [0.1, 0.15) is 0 Å². The van der Waals surface area contributed by atoms with Crippen LogP contribution in [0.4, 0.5) is 0 Å². The number of rotatable bonds is 6. The van der Waals surface area contributed by atoms with Crippen molar-refractivity contribution >= 4 is 0 Å². The van der Waals surface area contributed by atoms with E-state index in [-0.39, 0.29) is 0 Å². The molecule has 0 aliphatic heterocycles. The predicted molar refractivity (Wildman–Crippen MR) is 56.4 cm³/mol. The number of hydrogen-bond acceptors (Lipinski definition) is 1. The van der Waals surface area contributed by atoms with Crippen LogP contribution in [0.15, 0.2) is 0 Å². The average Bonchev–Trinajstić information content (AvgIpc) is 2.06. The van der Waals surface area contributed by atoms with Crippen LogP contribution in [0, 0.1) is 5.41 Å². The van der Waals surface area contributed by atoms with Gasteiger partial charge in [-0.25, -0.2) is 0 Å². The zero-order valence-electron chi connectivity index (χ0n) is 9.41. The molecule has 12 heavy (non-hydrogen) atoms. The molecule has 1 nitrogen and oxygen atoms in total. The van der Waals surface area contributed by atoms with E-state index in [1.54, 1.807) is 0 Å². The fourth-order valence-corrected chi connectivity index (χ4v) is 1.12. The van der Waals surface area contributed by atoms with Gasteiger partial charge in [-0.15, -0.1) is 0 Å². The molecule has 0 radical (unpaired) electrons. The Balaban J connectivity index is 3.65. The largest absolute Gasteiger partial charge is 0.313 e. The lowest BCUT2D eigenvalue weighted by Gasteiger charge is -2.26. The van der Waals surface area contributed by atoms with Crippen molar-refractivity contribution in [1.29, 1.82) is 0 Å². The maximum atomic E-state index is 3.61. The highest BCUT2D eigenvalue weighted by Crippen LogP contribution is 2.18. The van der Waals surface area contributed by atoms with Crippen LogP contribution in [-0.4, -0.2) is 12.6 Å². The quantitative estimate of drug-likeness (QED) is 0.647. The minimum absolute atomic E-state index is 0.461. The molecule has 0 saturated carbocycles. The molecule has 0 aromatic heterocycles. The van der Waals surface area contributed by atoms with Crippen molar-refractivity contribution in [3.05, 3.63) is 0 Å². The molecule has 0 atom stereocenters. The van der Waals surface area contributed by atoms with Gasteiger partial charge < -0.3 is 5.32 Å². The highest BCUT2D eigenvalue weighted by molar-refractivity contribution is 4.72. The standard InChI is InChI=1S/C11H25N/c1-6-10(7-2)12-9-11(4,5)8-3/h10,12H,6-9H2,1-5H3. The Kier molecular flexibility index (Phi) is 5.56. The smallest absolute Gasteiger partial charge is 0.00620 e. The summed E-state index contributed by atoms with van der Waals surface area (Å²) in [5, 5.41) is 3.61. The van der Waals surface area contributed by atoms with Crippen LogP contribution in [0.25, 0.3) is 0 Å². The first-order chi connectivity index (χ1) is 5.55. The Morgan fingerprint density at radius 1 is 1.08 bits per heavy atom. The van der Waals surface area contributed by atoms with Crippen LogP contribution in [0.5, 0.6) is 0 Å². The highest BCUT2D eigenvalue weighted by Gasteiger charge is 2.15. The normalized spacial score (nSPS) is 12.5. The second-order valence-corrected chi connectivity index (χ2v) is 4.41. The molecule has 0 heterocycles. The number of nitrogens with one attached hydrogen (secondary N) is 1. The van der Waals surface area contributed by atoms with E-state index in [0.717, 1.165) is 12.6 Å². The molecule has 0 fully saturated rings. The predicted octanol–water partition coefficient (Wildman–Crippen LogP) is 3.20. The zero-order chi connectivity index (χ0) is 9.61. The van der Waals surface area contributed by atoms with Gasteiger partial charge in [-0.3, -0.25) is 0 Å². The number of hydrogen-bond donors (Lipinski definition) is 1. The molecule has 0 bridgehead atoms. The second kappa shape index (κ2) is 5.58. The van der Waals surface area contributed by atoms with Gasteiger partial charge in [0.05, 0.1) is 0 Å². The summed E-state index contributed by atoms with van der Waals surface area (Å²) < 4.78 is 0. The van der Waals surface area contributed by atoms with Crippen molar-refractivity contribution in [2.24, 2.45) is 5.41 Å².